The van der Waals surface area contributed by atoms with Gasteiger partial charge in [0, 0.05) is 36.9 Å². The summed E-state index contributed by atoms with van der Waals surface area (Å²) >= 11 is 1.87. The van der Waals surface area contributed by atoms with Gasteiger partial charge in [0.2, 0.25) is 0 Å². The van der Waals surface area contributed by atoms with Crippen LogP contribution in [0.25, 0.3) is 85.9 Å². The van der Waals surface area contributed by atoms with Gasteiger partial charge < -0.3 is 4.90 Å². The number of hydrogen-bond donors (Lipinski definition) is 0. The number of thiophene rings is 1. The normalized spacial score (nSPS) is 13.2. The summed E-state index contributed by atoms with van der Waals surface area (Å²) in [5.74, 6) is 0. The first-order chi connectivity index (χ1) is 31.3. The maximum atomic E-state index is 2.54. The molecule has 11 aromatic carbocycles. The molecule has 0 amide bonds. The first-order valence-electron chi connectivity index (χ1n) is 21.8. The summed E-state index contributed by atoms with van der Waals surface area (Å²) in [6, 6.07) is 84.2. The second-order valence-electron chi connectivity index (χ2n) is 17.1. The molecule has 63 heavy (non-hydrogen) atoms. The maximum absolute atomic E-state index is 2.54. The van der Waals surface area contributed by atoms with Crippen molar-refractivity contribution in [2.24, 2.45) is 0 Å². The molecule has 292 valence electrons. The summed E-state index contributed by atoms with van der Waals surface area (Å²) in [6.07, 6.45) is 0. The van der Waals surface area contributed by atoms with Crippen LogP contribution in [-0.2, 0) is 5.41 Å². The quantitative estimate of drug-likeness (QED) is 0.160. The molecular weight excluding hydrogens is 779 g/mol. The van der Waals surface area contributed by atoms with Crippen molar-refractivity contribution < 1.29 is 0 Å². The fourth-order valence-corrected chi connectivity index (χ4v) is 12.7. The second kappa shape index (κ2) is 13.1. The fourth-order valence-electron chi connectivity index (χ4n) is 11.6. The molecular formula is C61H37NS. The number of nitrogens with zero attached hydrogens (tertiary/aromatic N) is 1. The minimum absolute atomic E-state index is 0.458. The molecule has 1 aromatic heterocycles. The lowest BCUT2D eigenvalue weighted by molar-refractivity contribution is 0.793. The van der Waals surface area contributed by atoms with E-state index in [1.54, 1.807) is 0 Å². The molecule has 0 unspecified atom stereocenters. The number of hydrogen-bond acceptors (Lipinski definition) is 2. The van der Waals surface area contributed by atoms with E-state index in [0.717, 1.165) is 17.1 Å². The Morgan fingerprint density at radius 3 is 1.46 bits per heavy atom. The standard InChI is InChI=1S/C61H37NS/c1-2-19-44-42(18-1)43-20-3-4-24-49(43)59-50(44)27-14-31-56(59)62(39-17-13-16-38(36-39)41-26-15-33-58-60(41)51-25-8-12-32-57(51)63-58)40-34-35-48-47-23-7-11-30-54(47)61(55(48)37-40)52-28-9-5-21-45(52)46-22-6-10-29-53(46)61/h1-37H. The van der Waals surface area contributed by atoms with Crippen LogP contribution in [-0.4, -0.2) is 0 Å². The average Bonchev–Trinajstić information content (AvgIpc) is 3.98. The lowest BCUT2D eigenvalue weighted by Crippen LogP contribution is -2.26. The first kappa shape index (κ1) is 34.9. The molecule has 2 aliphatic carbocycles. The Kier molecular flexibility index (Phi) is 7.26. The largest absolute Gasteiger partial charge is 0.310 e. The minimum atomic E-state index is -0.458. The van der Waals surface area contributed by atoms with Crippen molar-refractivity contribution in [3.63, 3.8) is 0 Å². The van der Waals surface area contributed by atoms with Gasteiger partial charge in [0.15, 0.2) is 0 Å². The molecule has 0 aliphatic heterocycles. The van der Waals surface area contributed by atoms with Gasteiger partial charge in [0.1, 0.15) is 0 Å². The molecule has 12 aromatic rings. The monoisotopic (exact) mass is 815 g/mol. The zero-order chi connectivity index (χ0) is 41.2. The Morgan fingerprint density at radius 1 is 0.302 bits per heavy atom. The van der Waals surface area contributed by atoms with E-state index in [1.165, 1.54) is 108 Å². The molecule has 0 fully saturated rings. The second-order valence-corrected chi connectivity index (χ2v) is 18.2. The third-order valence-electron chi connectivity index (χ3n) is 14.0. The lowest BCUT2D eigenvalue weighted by atomic mass is 9.70. The molecule has 2 aliphatic rings. The van der Waals surface area contributed by atoms with Crippen molar-refractivity contribution in [3.8, 4) is 33.4 Å². The van der Waals surface area contributed by atoms with Crippen LogP contribution in [0.15, 0.2) is 224 Å². The van der Waals surface area contributed by atoms with E-state index in [2.05, 4.69) is 229 Å². The van der Waals surface area contributed by atoms with E-state index in [1.807, 2.05) is 11.3 Å². The van der Waals surface area contributed by atoms with Crippen molar-refractivity contribution >= 4 is 80.9 Å². The number of anilines is 3. The van der Waals surface area contributed by atoms with E-state index in [-0.39, 0.29) is 0 Å². The zero-order valence-corrected chi connectivity index (χ0v) is 35.0. The Morgan fingerprint density at radius 2 is 0.778 bits per heavy atom. The van der Waals surface area contributed by atoms with Gasteiger partial charge in [0.05, 0.1) is 11.1 Å². The van der Waals surface area contributed by atoms with Gasteiger partial charge in [0.25, 0.3) is 0 Å². The van der Waals surface area contributed by atoms with E-state index >= 15 is 0 Å². The van der Waals surface area contributed by atoms with Gasteiger partial charge in [-0.3, -0.25) is 0 Å². The van der Waals surface area contributed by atoms with Crippen LogP contribution in [0.5, 0.6) is 0 Å². The molecule has 0 radical (unpaired) electrons. The van der Waals surface area contributed by atoms with Crippen LogP contribution >= 0.6 is 11.3 Å². The molecule has 1 spiro atoms. The van der Waals surface area contributed by atoms with Crippen molar-refractivity contribution in [2.45, 2.75) is 5.41 Å². The Labute approximate surface area is 369 Å². The summed E-state index contributed by atoms with van der Waals surface area (Å²) < 4.78 is 2.62. The smallest absolute Gasteiger partial charge is 0.0726 e. The molecule has 2 heteroatoms. The fraction of sp³-hybridized carbons (Fsp3) is 0.0164. The summed E-state index contributed by atoms with van der Waals surface area (Å²) in [7, 11) is 0. The molecule has 0 bridgehead atoms. The number of benzene rings is 11. The van der Waals surface area contributed by atoms with E-state index < -0.39 is 5.41 Å². The predicted octanol–water partition coefficient (Wildman–Crippen LogP) is 17.0. The molecule has 0 N–H and O–H groups in total. The molecule has 1 nitrogen and oxygen atoms in total. The maximum Gasteiger partial charge on any atom is 0.0726 e. The third-order valence-corrected chi connectivity index (χ3v) is 15.2. The summed E-state index contributed by atoms with van der Waals surface area (Å²) in [4.78, 5) is 2.54. The van der Waals surface area contributed by atoms with Crippen molar-refractivity contribution in [3.05, 3.63) is 247 Å². The van der Waals surface area contributed by atoms with Gasteiger partial charge in [-0.2, -0.15) is 0 Å². The van der Waals surface area contributed by atoms with Crippen LogP contribution in [0, 0.1) is 0 Å². The minimum Gasteiger partial charge on any atom is -0.310 e. The number of fused-ring (bicyclic) bond motifs is 19. The molecule has 14 rings (SSSR count). The van der Waals surface area contributed by atoms with Crippen LogP contribution in [0.2, 0.25) is 0 Å². The van der Waals surface area contributed by atoms with Gasteiger partial charge in [-0.25, -0.2) is 0 Å². The van der Waals surface area contributed by atoms with Gasteiger partial charge in [-0.1, -0.05) is 182 Å². The highest BCUT2D eigenvalue weighted by molar-refractivity contribution is 7.25. The van der Waals surface area contributed by atoms with E-state index in [0.29, 0.717) is 0 Å². The summed E-state index contributed by atoms with van der Waals surface area (Å²) in [5.41, 5.74) is 16.0. The van der Waals surface area contributed by atoms with Crippen LogP contribution in [0.1, 0.15) is 22.3 Å². The van der Waals surface area contributed by atoms with Crippen LogP contribution in [0.3, 0.4) is 0 Å². The van der Waals surface area contributed by atoms with E-state index in [9.17, 15) is 0 Å². The van der Waals surface area contributed by atoms with Crippen molar-refractivity contribution in [1.82, 2.24) is 0 Å². The van der Waals surface area contributed by atoms with Crippen molar-refractivity contribution in [2.75, 3.05) is 4.90 Å². The molecule has 1 heterocycles. The Hall–Kier alpha value is -7.78. The van der Waals surface area contributed by atoms with Gasteiger partial charge in [-0.15, -0.1) is 11.3 Å². The molecule has 0 saturated carbocycles. The van der Waals surface area contributed by atoms with E-state index in [4.69, 9.17) is 0 Å². The predicted molar refractivity (Wildman–Crippen MR) is 268 cm³/mol. The SMILES string of the molecule is c1cc(-c2cccc3sc4ccccc4c23)cc(N(c2ccc3c(c2)C2(c4ccccc4-c4ccccc42)c2ccccc2-3)c2cccc3c4ccccc4c4ccccc4c23)c1. The first-order valence-corrected chi connectivity index (χ1v) is 22.7. The summed E-state index contributed by atoms with van der Waals surface area (Å²) in [6.45, 7) is 0. The highest BCUT2D eigenvalue weighted by atomic mass is 32.1. The van der Waals surface area contributed by atoms with Crippen molar-refractivity contribution in [1.29, 1.82) is 0 Å². The lowest BCUT2D eigenvalue weighted by Gasteiger charge is -2.32. The Balaban J connectivity index is 1.08. The van der Waals surface area contributed by atoms with Gasteiger partial charge >= 0.3 is 0 Å². The van der Waals surface area contributed by atoms with Crippen LogP contribution < -0.4 is 4.90 Å². The van der Waals surface area contributed by atoms with Crippen LogP contribution in [0.4, 0.5) is 17.1 Å². The van der Waals surface area contributed by atoms with Gasteiger partial charge in [-0.05, 0) is 125 Å². The highest BCUT2D eigenvalue weighted by Crippen LogP contribution is 2.63. The molecule has 0 atom stereocenters. The highest BCUT2D eigenvalue weighted by Gasteiger charge is 2.51. The topological polar surface area (TPSA) is 3.24 Å². The summed E-state index contributed by atoms with van der Waals surface area (Å²) in [5, 5.41) is 10.2. The average molecular weight is 816 g/mol. The Bertz CT molecular complexity index is 3780. The number of rotatable bonds is 4. The zero-order valence-electron chi connectivity index (χ0n) is 34.2. The third kappa shape index (κ3) is 4.71. The molecule has 0 saturated heterocycles.